The van der Waals surface area contributed by atoms with Gasteiger partial charge in [0.1, 0.15) is 5.82 Å². The number of halogens is 1. The van der Waals surface area contributed by atoms with E-state index in [4.69, 9.17) is 0 Å². The highest BCUT2D eigenvalue weighted by Crippen LogP contribution is 2.31. The van der Waals surface area contributed by atoms with Crippen molar-refractivity contribution in [2.75, 3.05) is 25.0 Å². The van der Waals surface area contributed by atoms with Gasteiger partial charge in [0.25, 0.3) is 5.91 Å². The third-order valence-electron chi connectivity index (χ3n) is 5.38. The molecule has 0 fully saturated rings. The Bertz CT molecular complexity index is 1090. The van der Waals surface area contributed by atoms with Crippen LogP contribution in [0.15, 0.2) is 54.7 Å². The van der Waals surface area contributed by atoms with Crippen LogP contribution >= 0.6 is 0 Å². The fourth-order valence-electron chi connectivity index (χ4n) is 4.04. The molecule has 1 amide bonds. The lowest BCUT2D eigenvalue weighted by molar-refractivity contribution is 0.102. The van der Waals surface area contributed by atoms with Crippen molar-refractivity contribution in [1.29, 1.82) is 0 Å². The van der Waals surface area contributed by atoms with Gasteiger partial charge in [0, 0.05) is 53.5 Å². The number of benzene rings is 2. The van der Waals surface area contributed by atoms with Gasteiger partial charge in [-0.15, -0.1) is 0 Å². The van der Waals surface area contributed by atoms with Crippen LogP contribution in [0.1, 0.15) is 43.1 Å². The standard InChI is InChI=1S/C25H28FN3O/c1-25(2,3)16-29-12-10-17(11-13-29)22-15-27-23-9-8-20(14-21(22)23)28-24(30)18-4-6-19(26)7-5-18/h4-10,14-15,27H,11-13,16H2,1-3H3,(H,28,30). The van der Waals surface area contributed by atoms with E-state index in [0.717, 1.165) is 42.6 Å². The molecule has 2 aromatic carbocycles. The van der Waals surface area contributed by atoms with Crippen LogP contribution in [-0.2, 0) is 0 Å². The summed E-state index contributed by atoms with van der Waals surface area (Å²) in [6, 6.07) is 11.4. The van der Waals surface area contributed by atoms with Crippen LogP contribution in [0, 0.1) is 11.2 Å². The molecule has 30 heavy (non-hydrogen) atoms. The number of aromatic amines is 1. The summed E-state index contributed by atoms with van der Waals surface area (Å²) >= 11 is 0. The lowest BCUT2D eigenvalue weighted by atomic mass is 9.93. The molecule has 0 spiro atoms. The Morgan fingerprint density at radius 1 is 1.17 bits per heavy atom. The number of anilines is 1. The lowest BCUT2D eigenvalue weighted by Gasteiger charge is -2.32. The summed E-state index contributed by atoms with van der Waals surface area (Å²) in [4.78, 5) is 18.3. The first-order valence-corrected chi connectivity index (χ1v) is 10.4. The van der Waals surface area contributed by atoms with Crippen molar-refractivity contribution in [2.24, 2.45) is 5.41 Å². The number of amides is 1. The van der Waals surface area contributed by atoms with E-state index in [9.17, 15) is 9.18 Å². The molecule has 5 heteroatoms. The molecule has 1 aliphatic rings. The first-order valence-electron chi connectivity index (χ1n) is 10.4. The van der Waals surface area contributed by atoms with E-state index in [1.165, 1.54) is 35.4 Å². The zero-order valence-corrected chi connectivity index (χ0v) is 17.8. The molecular formula is C25H28FN3O. The summed E-state index contributed by atoms with van der Waals surface area (Å²) in [6.07, 6.45) is 5.39. The highest BCUT2D eigenvalue weighted by Gasteiger charge is 2.20. The zero-order valence-electron chi connectivity index (χ0n) is 17.8. The molecule has 0 radical (unpaired) electrons. The summed E-state index contributed by atoms with van der Waals surface area (Å²) < 4.78 is 13.1. The topological polar surface area (TPSA) is 48.1 Å². The SMILES string of the molecule is CC(C)(C)CN1CC=C(c2c[nH]c3ccc(NC(=O)c4ccc(F)cc4)cc23)CC1. The van der Waals surface area contributed by atoms with Crippen LogP contribution in [0.4, 0.5) is 10.1 Å². The summed E-state index contributed by atoms with van der Waals surface area (Å²) in [5.74, 6) is -0.604. The second-order valence-corrected chi connectivity index (χ2v) is 9.20. The van der Waals surface area contributed by atoms with Crippen molar-refractivity contribution >= 4 is 28.1 Å². The molecule has 3 aromatic rings. The van der Waals surface area contributed by atoms with E-state index in [1.54, 1.807) is 0 Å². The molecule has 0 atom stereocenters. The fourth-order valence-corrected chi connectivity index (χ4v) is 4.04. The largest absolute Gasteiger partial charge is 0.361 e. The smallest absolute Gasteiger partial charge is 0.255 e. The van der Waals surface area contributed by atoms with Crippen molar-refractivity contribution in [3.63, 3.8) is 0 Å². The monoisotopic (exact) mass is 405 g/mol. The number of fused-ring (bicyclic) bond motifs is 1. The van der Waals surface area contributed by atoms with Gasteiger partial charge in [-0.3, -0.25) is 9.69 Å². The molecule has 0 bridgehead atoms. The van der Waals surface area contributed by atoms with E-state index >= 15 is 0 Å². The summed E-state index contributed by atoms with van der Waals surface area (Å²) in [5.41, 5.74) is 5.03. The highest BCUT2D eigenvalue weighted by molar-refractivity contribution is 6.05. The lowest BCUT2D eigenvalue weighted by Crippen LogP contribution is -2.35. The molecule has 1 aliphatic heterocycles. The maximum absolute atomic E-state index is 13.1. The van der Waals surface area contributed by atoms with Gasteiger partial charge in [-0.1, -0.05) is 26.8 Å². The number of hydrogen-bond acceptors (Lipinski definition) is 2. The molecule has 2 N–H and O–H groups in total. The molecular weight excluding hydrogens is 377 g/mol. The van der Waals surface area contributed by atoms with Crippen molar-refractivity contribution in [2.45, 2.75) is 27.2 Å². The predicted octanol–water partition coefficient (Wildman–Crippen LogP) is 5.69. The van der Waals surface area contributed by atoms with E-state index in [-0.39, 0.29) is 11.7 Å². The van der Waals surface area contributed by atoms with Gasteiger partial charge in [-0.2, -0.15) is 0 Å². The van der Waals surface area contributed by atoms with Gasteiger partial charge in [0.15, 0.2) is 0 Å². The van der Waals surface area contributed by atoms with Crippen molar-refractivity contribution in [3.8, 4) is 0 Å². The fraction of sp³-hybridized carbons (Fsp3) is 0.320. The van der Waals surface area contributed by atoms with Gasteiger partial charge in [0.2, 0.25) is 0 Å². The number of nitrogens with one attached hydrogen (secondary N) is 2. The highest BCUT2D eigenvalue weighted by atomic mass is 19.1. The van der Waals surface area contributed by atoms with Gasteiger partial charge in [-0.25, -0.2) is 4.39 Å². The first-order chi connectivity index (χ1) is 14.3. The van der Waals surface area contributed by atoms with Crippen molar-refractivity contribution < 1.29 is 9.18 Å². The van der Waals surface area contributed by atoms with Gasteiger partial charge in [0.05, 0.1) is 0 Å². The average molecular weight is 406 g/mol. The second kappa shape index (κ2) is 8.07. The average Bonchev–Trinajstić information content (AvgIpc) is 3.11. The van der Waals surface area contributed by atoms with E-state index in [0.29, 0.717) is 11.0 Å². The van der Waals surface area contributed by atoms with Crippen molar-refractivity contribution in [1.82, 2.24) is 9.88 Å². The van der Waals surface area contributed by atoms with Gasteiger partial charge >= 0.3 is 0 Å². The van der Waals surface area contributed by atoms with Crippen LogP contribution < -0.4 is 5.32 Å². The van der Waals surface area contributed by atoms with Crippen LogP contribution in [0.5, 0.6) is 0 Å². The molecule has 0 saturated carbocycles. The number of rotatable bonds is 4. The van der Waals surface area contributed by atoms with E-state index < -0.39 is 0 Å². The number of H-pyrrole nitrogens is 1. The Balaban J connectivity index is 1.53. The van der Waals surface area contributed by atoms with E-state index in [2.05, 4.69) is 48.2 Å². The quantitative estimate of drug-likeness (QED) is 0.585. The third kappa shape index (κ3) is 4.62. The molecule has 4 nitrogen and oxygen atoms in total. The van der Waals surface area contributed by atoms with Crippen LogP contribution in [0.3, 0.4) is 0 Å². The summed E-state index contributed by atoms with van der Waals surface area (Å²) in [5, 5.41) is 4.02. The van der Waals surface area contributed by atoms with Gasteiger partial charge in [-0.05, 0) is 59.9 Å². The van der Waals surface area contributed by atoms with Crippen LogP contribution in [-0.4, -0.2) is 35.4 Å². The Morgan fingerprint density at radius 2 is 1.93 bits per heavy atom. The number of carbonyl (C=O) groups excluding carboxylic acids is 1. The number of carbonyl (C=O) groups is 1. The van der Waals surface area contributed by atoms with Gasteiger partial charge < -0.3 is 10.3 Å². The second-order valence-electron chi connectivity index (χ2n) is 9.20. The molecule has 0 unspecified atom stereocenters. The molecule has 0 aliphatic carbocycles. The summed E-state index contributed by atoms with van der Waals surface area (Å²) in [6.45, 7) is 9.91. The summed E-state index contributed by atoms with van der Waals surface area (Å²) in [7, 11) is 0. The molecule has 1 aromatic heterocycles. The molecule has 2 heterocycles. The number of hydrogen-bond donors (Lipinski definition) is 2. The zero-order chi connectivity index (χ0) is 21.3. The maximum Gasteiger partial charge on any atom is 0.255 e. The molecule has 4 rings (SSSR count). The van der Waals surface area contributed by atoms with Crippen LogP contribution in [0.2, 0.25) is 0 Å². The normalized spacial score (nSPS) is 15.3. The Hall–Kier alpha value is -2.92. The molecule has 156 valence electrons. The van der Waals surface area contributed by atoms with E-state index in [1.807, 2.05) is 18.2 Å². The Labute approximate surface area is 176 Å². The minimum absolute atomic E-state index is 0.249. The third-order valence-corrected chi connectivity index (χ3v) is 5.38. The minimum Gasteiger partial charge on any atom is -0.361 e. The Morgan fingerprint density at radius 3 is 2.60 bits per heavy atom. The predicted molar refractivity (Wildman–Crippen MR) is 121 cm³/mol. The first kappa shape index (κ1) is 20.4. The number of aromatic nitrogens is 1. The maximum atomic E-state index is 13.1. The minimum atomic E-state index is -0.355. The Kier molecular flexibility index (Phi) is 5.48. The number of nitrogens with zero attached hydrogens (tertiary/aromatic N) is 1. The van der Waals surface area contributed by atoms with Crippen LogP contribution in [0.25, 0.3) is 16.5 Å². The molecule has 0 saturated heterocycles. The van der Waals surface area contributed by atoms with Crippen molar-refractivity contribution in [3.05, 3.63) is 71.7 Å².